The SMILES string of the molecule is CC(CCc1ccc(Cl)cc1F)C(=O)O. The largest absolute Gasteiger partial charge is 0.481 e. The fourth-order valence-corrected chi connectivity index (χ4v) is 1.38. The minimum absolute atomic E-state index is 0.350. The van der Waals surface area contributed by atoms with E-state index in [4.69, 9.17) is 16.7 Å². The van der Waals surface area contributed by atoms with Crippen molar-refractivity contribution in [2.75, 3.05) is 0 Å². The Hall–Kier alpha value is -1.09. The minimum atomic E-state index is -0.857. The number of aliphatic carboxylic acids is 1. The van der Waals surface area contributed by atoms with Crippen molar-refractivity contribution in [3.63, 3.8) is 0 Å². The van der Waals surface area contributed by atoms with Gasteiger partial charge in [-0.3, -0.25) is 4.79 Å². The van der Waals surface area contributed by atoms with Gasteiger partial charge < -0.3 is 5.11 Å². The van der Waals surface area contributed by atoms with Gasteiger partial charge in [-0.2, -0.15) is 0 Å². The van der Waals surface area contributed by atoms with E-state index < -0.39 is 11.9 Å². The molecule has 0 aromatic heterocycles. The van der Waals surface area contributed by atoms with Gasteiger partial charge in [-0.05, 0) is 30.5 Å². The van der Waals surface area contributed by atoms with E-state index in [-0.39, 0.29) is 5.82 Å². The first-order chi connectivity index (χ1) is 7.00. The number of aryl methyl sites for hydroxylation is 1. The Morgan fingerprint density at radius 2 is 2.27 bits per heavy atom. The molecule has 1 aromatic rings. The standard InChI is InChI=1S/C11H12ClFO2/c1-7(11(14)15)2-3-8-4-5-9(12)6-10(8)13/h4-7H,2-3H2,1H3,(H,14,15). The van der Waals surface area contributed by atoms with E-state index in [0.29, 0.717) is 23.4 Å². The summed E-state index contributed by atoms with van der Waals surface area (Å²) in [5.74, 6) is -1.69. The Kier molecular flexibility index (Phi) is 4.09. The molecule has 4 heteroatoms. The molecule has 1 N–H and O–H groups in total. The van der Waals surface area contributed by atoms with Gasteiger partial charge in [-0.25, -0.2) is 4.39 Å². The molecule has 0 saturated heterocycles. The first-order valence-corrected chi connectivity index (χ1v) is 5.05. The molecule has 0 bridgehead atoms. The molecule has 82 valence electrons. The third-order valence-electron chi connectivity index (χ3n) is 2.28. The van der Waals surface area contributed by atoms with E-state index in [1.165, 1.54) is 6.07 Å². The predicted octanol–water partition coefficient (Wildman–Crippen LogP) is 3.13. The molecule has 0 amide bonds. The zero-order chi connectivity index (χ0) is 11.4. The Bertz CT molecular complexity index is 366. The fourth-order valence-electron chi connectivity index (χ4n) is 1.22. The fraction of sp³-hybridized carbons (Fsp3) is 0.364. The highest BCUT2D eigenvalue weighted by Crippen LogP contribution is 2.17. The molecule has 1 rings (SSSR count). The molecule has 0 radical (unpaired) electrons. The lowest BCUT2D eigenvalue weighted by molar-refractivity contribution is -0.141. The Labute approximate surface area is 92.7 Å². The summed E-state index contributed by atoms with van der Waals surface area (Å²) in [7, 11) is 0. The molecule has 0 aliphatic carbocycles. The number of carboxylic acids is 1. The summed E-state index contributed by atoms with van der Waals surface area (Å²) >= 11 is 5.60. The summed E-state index contributed by atoms with van der Waals surface area (Å²) in [5.41, 5.74) is 0.507. The average molecular weight is 231 g/mol. The first-order valence-electron chi connectivity index (χ1n) is 4.67. The number of carboxylic acid groups (broad SMARTS) is 1. The molecule has 1 atom stereocenters. The maximum absolute atomic E-state index is 13.3. The maximum atomic E-state index is 13.3. The summed E-state index contributed by atoms with van der Waals surface area (Å²) in [6.45, 7) is 1.61. The third kappa shape index (κ3) is 3.51. The van der Waals surface area contributed by atoms with Gasteiger partial charge in [0, 0.05) is 5.02 Å². The lowest BCUT2D eigenvalue weighted by Gasteiger charge is -2.06. The van der Waals surface area contributed by atoms with Gasteiger partial charge >= 0.3 is 5.97 Å². The number of hydrogen-bond acceptors (Lipinski definition) is 1. The molecule has 1 aromatic carbocycles. The van der Waals surface area contributed by atoms with Crippen LogP contribution in [0.1, 0.15) is 18.9 Å². The van der Waals surface area contributed by atoms with Gasteiger partial charge in [0.1, 0.15) is 5.82 Å². The van der Waals surface area contributed by atoms with Gasteiger partial charge in [-0.15, -0.1) is 0 Å². The van der Waals surface area contributed by atoms with Gasteiger partial charge in [0.15, 0.2) is 0 Å². The third-order valence-corrected chi connectivity index (χ3v) is 2.52. The van der Waals surface area contributed by atoms with E-state index in [1.807, 2.05) is 0 Å². The summed E-state index contributed by atoms with van der Waals surface area (Å²) in [5, 5.41) is 9.01. The summed E-state index contributed by atoms with van der Waals surface area (Å²) < 4.78 is 13.3. The van der Waals surface area contributed by atoms with Crippen LogP contribution in [0.2, 0.25) is 5.02 Å². The Morgan fingerprint density at radius 1 is 1.60 bits per heavy atom. The van der Waals surface area contributed by atoms with Gasteiger partial charge in [0.2, 0.25) is 0 Å². The molecule has 1 unspecified atom stereocenters. The van der Waals surface area contributed by atoms with E-state index in [2.05, 4.69) is 0 Å². The highest BCUT2D eigenvalue weighted by molar-refractivity contribution is 6.30. The smallest absolute Gasteiger partial charge is 0.306 e. The molecule has 0 aliphatic heterocycles. The number of benzene rings is 1. The molecular weight excluding hydrogens is 219 g/mol. The van der Waals surface area contributed by atoms with E-state index in [9.17, 15) is 9.18 Å². The van der Waals surface area contributed by atoms with Crippen LogP contribution < -0.4 is 0 Å². The molecule has 0 fully saturated rings. The van der Waals surface area contributed by atoms with Crippen molar-refractivity contribution in [2.24, 2.45) is 5.92 Å². The molecule has 2 nitrogen and oxygen atoms in total. The number of halogens is 2. The minimum Gasteiger partial charge on any atom is -0.481 e. The molecule has 0 aliphatic rings. The lowest BCUT2D eigenvalue weighted by atomic mass is 10.0. The van der Waals surface area contributed by atoms with Crippen LogP contribution in [0.25, 0.3) is 0 Å². The van der Waals surface area contributed by atoms with Gasteiger partial charge in [0.05, 0.1) is 5.92 Å². The van der Waals surface area contributed by atoms with Crippen LogP contribution >= 0.6 is 11.6 Å². The zero-order valence-corrected chi connectivity index (χ0v) is 9.09. The van der Waals surface area contributed by atoms with Crippen molar-refractivity contribution < 1.29 is 14.3 Å². The van der Waals surface area contributed by atoms with E-state index >= 15 is 0 Å². The first kappa shape index (κ1) is 12.0. The van der Waals surface area contributed by atoms with Crippen molar-refractivity contribution in [3.8, 4) is 0 Å². The highest BCUT2D eigenvalue weighted by Gasteiger charge is 2.12. The van der Waals surface area contributed by atoms with E-state index in [1.54, 1.807) is 19.1 Å². The van der Waals surface area contributed by atoms with Crippen LogP contribution in [0, 0.1) is 11.7 Å². The van der Waals surface area contributed by atoms with Crippen molar-refractivity contribution in [1.29, 1.82) is 0 Å². The van der Waals surface area contributed by atoms with Crippen molar-refractivity contribution in [1.82, 2.24) is 0 Å². The van der Waals surface area contributed by atoms with Crippen LogP contribution in [0.4, 0.5) is 4.39 Å². The monoisotopic (exact) mass is 230 g/mol. The topological polar surface area (TPSA) is 37.3 Å². The predicted molar refractivity (Wildman–Crippen MR) is 56.5 cm³/mol. The van der Waals surface area contributed by atoms with Crippen LogP contribution in [0.5, 0.6) is 0 Å². The average Bonchev–Trinajstić information content (AvgIpc) is 2.15. The van der Waals surface area contributed by atoms with E-state index in [0.717, 1.165) is 0 Å². The van der Waals surface area contributed by atoms with Crippen molar-refractivity contribution in [2.45, 2.75) is 19.8 Å². The molecule has 0 heterocycles. The lowest BCUT2D eigenvalue weighted by Crippen LogP contribution is -2.10. The maximum Gasteiger partial charge on any atom is 0.306 e. The number of rotatable bonds is 4. The van der Waals surface area contributed by atoms with Crippen LogP contribution in [-0.4, -0.2) is 11.1 Å². The van der Waals surface area contributed by atoms with Crippen molar-refractivity contribution >= 4 is 17.6 Å². The second kappa shape index (κ2) is 5.12. The summed E-state index contributed by atoms with van der Waals surface area (Å²) in [6.07, 6.45) is 0.838. The number of carbonyl (C=O) groups is 1. The molecule has 15 heavy (non-hydrogen) atoms. The highest BCUT2D eigenvalue weighted by atomic mass is 35.5. The Morgan fingerprint density at radius 3 is 2.80 bits per heavy atom. The second-order valence-corrected chi connectivity index (χ2v) is 3.95. The quantitative estimate of drug-likeness (QED) is 0.863. The second-order valence-electron chi connectivity index (χ2n) is 3.51. The molecule has 0 spiro atoms. The van der Waals surface area contributed by atoms with Gasteiger partial charge in [0.25, 0.3) is 0 Å². The normalized spacial score (nSPS) is 12.5. The van der Waals surface area contributed by atoms with Crippen molar-refractivity contribution in [3.05, 3.63) is 34.6 Å². The summed E-state index contributed by atoms with van der Waals surface area (Å²) in [4.78, 5) is 10.5. The zero-order valence-electron chi connectivity index (χ0n) is 8.34. The summed E-state index contributed by atoms with van der Waals surface area (Å²) in [6, 6.07) is 4.43. The van der Waals surface area contributed by atoms with Gasteiger partial charge in [-0.1, -0.05) is 24.6 Å². The van der Waals surface area contributed by atoms with Crippen LogP contribution in [0.3, 0.4) is 0 Å². The van der Waals surface area contributed by atoms with Crippen LogP contribution in [0.15, 0.2) is 18.2 Å². The molecule has 0 saturated carbocycles. The Balaban J connectivity index is 2.62. The molecular formula is C11H12ClFO2. The van der Waals surface area contributed by atoms with Crippen LogP contribution in [-0.2, 0) is 11.2 Å². The number of hydrogen-bond donors (Lipinski definition) is 1.